The van der Waals surface area contributed by atoms with E-state index in [0.29, 0.717) is 39.1 Å². The second-order valence-electron chi connectivity index (χ2n) is 12.2. The second kappa shape index (κ2) is 10.1. The molecule has 0 radical (unpaired) electrons. The molecule has 3 amide bonds. The largest absolute Gasteiger partial charge is 0.444 e. The molecule has 3 heterocycles. The molecule has 1 saturated carbocycles. The lowest BCUT2D eigenvalue weighted by molar-refractivity contribution is -0.204. The Balaban J connectivity index is 1.22. The Kier molecular flexibility index (Phi) is 7.48. The van der Waals surface area contributed by atoms with Crippen molar-refractivity contribution >= 4 is 24.1 Å². The fourth-order valence-electron chi connectivity index (χ4n) is 5.60. The fraction of sp³-hybridized carbons (Fsp3) is 0.769. The summed E-state index contributed by atoms with van der Waals surface area (Å²) in [6.07, 6.45) is -0.215. The predicted octanol–water partition coefficient (Wildman–Crippen LogP) is 2.95. The zero-order valence-electron chi connectivity index (χ0n) is 22.4. The molecule has 0 aromatic rings. The van der Waals surface area contributed by atoms with Gasteiger partial charge in [0.1, 0.15) is 11.0 Å². The molecule has 1 spiro atoms. The molecule has 0 unspecified atom stereocenters. The highest BCUT2D eigenvalue weighted by Crippen LogP contribution is 2.59. The number of carbonyl (C=O) groups excluding carboxylic acids is 3. The van der Waals surface area contributed by atoms with E-state index < -0.39 is 23.1 Å². The number of alkyl halides is 3. The molecule has 0 aromatic carbocycles. The van der Waals surface area contributed by atoms with E-state index in [-0.39, 0.29) is 54.8 Å². The van der Waals surface area contributed by atoms with Crippen LogP contribution in [0.5, 0.6) is 0 Å². The number of nitrogens with two attached hydrogens (primary N) is 1. The zero-order valence-corrected chi connectivity index (χ0v) is 22.4. The maximum absolute atomic E-state index is 13.3. The van der Waals surface area contributed by atoms with Crippen LogP contribution in [-0.4, -0.2) is 96.4 Å². The summed E-state index contributed by atoms with van der Waals surface area (Å²) in [5.74, 6) is -0.822. The van der Waals surface area contributed by atoms with Crippen molar-refractivity contribution in [3.8, 4) is 0 Å². The molecule has 212 valence electrons. The van der Waals surface area contributed by atoms with Crippen molar-refractivity contribution in [1.82, 2.24) is 14.7 Å². The van der Waals surface area contributed by atoms with Crippen molar-refractivity contribution in [2.75, 3.05) is 45.8 Å². The van der Waals surface area contributed by atoms with E-state index in [0.717, 1.165) is 12.8 Å². The third-order valence-corrected chi connectivity index (χ3v) is 8.05. The van der Waals surface area contributed by atoms with Gasteiger partial charge in [-0.05, 0) is 58.8 Å². The van der Waals surface area contributed by atoms with Gasteiger partial charge in [0.05, 0.1) is 5.57 Å². The van der Waals surface area contributed by atoms with E-state index in [1.165, 1.54) is 17.3 Å². The maximum atomic E-state index is 13.3. The molecular weight excluding hydrogens is 503 g/mol. The number of aliphatic imine (C=N–C) groups is 1. The molecule has 4 rings (SSSR count). The Morgan fingerprint density at radius 3 is 2.11 bits per heavy atom. The molecule has 0 bridgehead atoms. The van der Waals surface area contributed by atoms with Gasteiger partial charge in [-0.3, -0.25) is 14.6 Å². The number of nitrogens with zero attached hydrogens (tertiary/aromatic N) is 4. The fourth-order valence-corrected chi connectivity index (χ4v) is 5.60. The van der Waals surface area contributed by atoms with E-state index in [1.54, 1.807) is 9.80 Å². The number of hydrogen-bond acceptors (Lipinski definition) is 6. The number of amides is 3. The van der Waals surface area contributed by atoms with Gasteiger partial charge in [-0.25, -0.2) is 4.79 Å². The van der Waals surface area contributed by atoms with Gasteiger partial charge in [0, 0.05) is 63.6 Å². The van der Waals surface area contributed by atoms with Crippen LogP contribution < -0.4 is 5.73 Å². The quantitative estimate of drug-likeness (QED) is 0.425. The Morgan fingerprint density at radius 2 is 1.58 bits per heavy atom. The lowest BCUT2D eigenvalue weighted by atomic mass is 9.78. The van der Waals surface area contributed by atoms with Crippen molar-refractivity contribution in [1.29, 1.82) is 0 Å². The Labute approximate surface area is 221 Å². The van der Waals surface area contributed by atoms with E-state index in [9.17, 15) is 27.6 Å². The molecule has 9 nitrogen and oxygen atoms in total. The van der Waals surface area contributed by atoms with Crippen molar-refractivity contribution in [3.63, 3.8) is 0 Å². The van der Waals surface area contributed by atoms with E-state index in [4.69, 9.17) is 10.5 Å². The molecule has 1 aliphatic carbocycles. The van der Waals surface area contributed by atoms with Crippen LogP contribution >= 0.6 is 0 Å². The molecule has 0 aromatic heterocycles. The average Bonchev–Trinajstić information content (AvgIpc) is 3.52. The smallest absolute Gasteiger partial charge is 0.410 e. The lowest BCUT2D eigenvalue weighted by Crippen LogP contribution is -2.62. The number of hydrogen-bond donors (Lipinski definition) is 1. The number of likely N-dealkylation sites (tertiary alicyclic amines) is 3. The second-order valence-corrected chi connectivity index (χ2v) is 12.2. The van der Waals surface area contributed by atoms with Crippen LogP contribution in [0.1, 0.15) is 52.9 Å². The normalized spacial score (nSPS) is 23.6. The Hall–Kier alpha value is -2.79. The Morgan fingerprint density at radius 1 is 0.974 bits per heavy atom. The molecule has 12 heteroatoms. The number of rotatable bonds is 5. The topological polar surface area (TPSA) is 109 Å². The third kappa shape index (κ3) is 5.78. The molecule has 3 saturated heterocycles. The SMILES string of the molecule is CC(C)(C)OC(=O)N1CCC(CN=C/C(=C\N)C(=O)N2CCC3(C2)CN(C(=O)C2(C(F)(F)F)CC2)C3)CC1. The minimum Gasteiger partial charge on any atom is -0.444 e. The first kappa shape index (κ1) is 28.2. The predicted molar refractivity (Wildman–Crippen MR) is 134 cm³/mol. The van der Waals surface area contributed by atoms with Crippen molar-refractivity contribution in [3.05, 3.63) is 11.8 Å². The summed E-state index contributed by atoms with van der Waals surface area (Å²) in [7, 11) is 0. The average molecular weight is 542 g/mol. The summed E-state index contributed by atoms with van der Waals surface area (Å²) in [4.78, 5) is 46.8. The molecule has 3 aliphatic heterocycles. The van der Waals surface area contributed by atoms with Gasteiger partial charge in [0.25, 0.3) is 5.91 Å². The monoisotopic (exact) mass is 541 g/mol. The summed E-state index contributed by atoms with van der Waals surface area (Å²) >= 11 is 0. The summed E-state index contributed by atoms with van der Waals surface area (Å²) in [6.45, 7) is 8.51. The lowest BCUT2D eigenvalue weighted by Gasteiger charge is -2.49. The van der Waals surface area contributed by atoms with Crippen LogP contribution in [0.15, 0.2) is 16.8 Å². The van der Waals surface area contributed by atoms with E-state index in [1.807, 2.05) is 20.8 Å². The standard InChI is InChI=1S/C26H38F3N5O4/c1-23(2,3)38-22(37)32-9-4-18(5-10-32)13-31-14-19(12-30)20(35)33-11-8-24(15-33)16-34(17-24)21(36)25(6-7-25)26(27,28)29/h12,14,18H,4-11,13,15-17,30H2,1-3H3/b19-12+,31-14?. The number of piperidine rings is 1. The van der Waals surface area contributed by atoms with Crippen molar-refractivity contribution < 1.29 is 32.3 Å². The first-order valence-corrected chi connectivity index (χ1v) is 13.2. The van der Waals surface area contributed by atoms with Crippen LogP contribution in [0.25, 0.3) is 0 Å². The molecule has 0 atom stereocenters. The summed E-state index contributed by atoms with van der Waals surface area (Å²) in [6, 6.07) is 0. The first-order valence-electron chi connectivity index (χ1n) is 13.2. The molecule has 38 heavy (non-hydrogen) atoms. The third-order valence-electron chi connectivity index (χ3n) is 8.05. The number of ether oxygens (including phenoxy) is 1. The first-order chi connectivity index (χ1) is 17.7. The van der Waals surface area contributed by atoms with Gasteiger partial charge in [0.15, 0.2) is 0 Å². The number of halogens is 3. The van der Waals surface area contributed by atoms with Gasteiger partial charge in [-0.15, -0.1) is 0 Å². The maximum Gasteiger partial charge on any atom is 0.410 e. The van der Waals surface area contributed by atoms with Gasteiger partial charge >= 0.3 is 12.3 Å². The van der Waals surface area contributed by atoms with Crippen LogP contribution in [-0.2, 0) is 14.3 Å². The molecule has 4 aliphatic rings. The minimum absolute atomic E-state index is 0.143. The van der Waals surface area contributed by atoms with Crippen LogP contribution in [0.3, 0.4) is 0 Å². The zero-order chi connectivity index (χ0) is 27.9. The van der Waals surface area contributed by atoms with Crippen LogP contribution in [0.2, 0.25) is 0 Å². The van der Waals surface area contributed by atoms with Gasteiger partial charge in [-0.2, -0.15) is 13.2 Å². The molecule has 4 fully saturated rings. The summed E-state index contributed by atoms with van der Waals surface area (Å²) < 4.78 is 45.3. The summed E-state index contributed by atoms with van der Waals surface area (Å²) in [5, 5.41) is 0. The van der Waals surface area contributed by atoms with Crippen molar-refractivity contribution in [2.45, 2.75) is 64.7 Å². The molecule has 2 N–H and O–H groups in total. The Bertz CT molecular complexity index is 1000. The van der Waals surface area contributed by atoms with E-state index in [2.05, 4.69) is 4.99 Å². The highest BCUT2D eigenvalue weighted by Gasteiger charge is 2.70. The van der Waals surface area contributed by atoms with Gasteiger partial charge in [0.2, 0.25) is 5.91 Å². The van der Waals surface area contributed by atoms with Crippen LogP contribution in [0.4, 0.5) is 18.0 Å². The van der Waals surface area contributed by atoms with Crippen molar-refractivity contribution in [2.24, 2.45) is 27.5 Å². The molecular formula is C26H38F3N5O4. The minimum atomic E-state index is -4.51. The van der Waals surface area contributed by atoms with Gasteiger partial charge in [-0.1, -0.05) is 0 Å². The van der Waals surface area contributed by atoms with Crippen LogP contribution in [0, 0.1) is 16.7 Å². The van der Waals surface area contributed by atoms with E-state index >= 15 is 0 Å². The van der Waals surface area contributed by atoms with Gasteiger partial charge < -0.3 is 25.2 Å². The summed E-state index contributed by atoms with van der Waals surface area (Å²) in [5.41, 5.74) is 2.89. The number of carbonyl (C=O) groups is 3. The highest BCUT2D eigenvalue weighted by atomic mass is 19.4. The highest BCUT2D eigenvalue weighted by molar-refractivity contribution is 6.12.